The van der Waals surface area contributed by atoms with Crippen molar-refractivity contribution >= 4 is 0 Å². The van der Waals surface area contributed by atoms with Crippen LogP contribution in [-0.2, 0) is 13.7 Å². The molecule has 0 radical (unpaired) electrons. The van der Waals surface area contributed by atoms with Gasteiger partial charge in [-0.25, -0.2) is 14.2 Å². The first-order valence-corrected chi connectivity index (χ1v) is 9.66. The minimum Gasteiger partial charge on any atom is -0.473 e. The zero-order chi connectivity index (χ0) is 22.1. The lowest BCUT2D eigenvalue weighted by Gasteiger charge is -2.15. The molecular formula is C22H21FN6O2. The Bertz CT molecular complexity index is 1310. The number of aromatic nitrogens is 6. The summed E-state index contributed by atoms with van der Waals surface area (Å²) in [6.45, 7) is 5.89. The topological polar surface area (TPSA) is 87.7 Å². The third-order valence-corrected chi connectivity index (χ3v) is 5.05. The van der Waals surface area contributed by atoms with Crippen LogP contribution in [0, 0.1) is 26.6 Å². The molecule has 0 aliphatic rings. The van der Waals surface area contributed by atoms with E-state index in [4.69, 9.17) is 4.74 Å². The summed E-state index contributed by atoms with van der Waals surface area (Å²) in [7, 11) is 1.55. The van der Waals surface area contributed by atoms with Gasteiger partial charge in [0.25, 0.3) is 0 Å². The van der Waals surface area contributed by atoms with E-state index in [1.165, 1.54) is 21.6 Å². The number of halogens is 1. The summed E-state index contributed by atoms with van der Waals surface area (Å²) in [5, 5.41) is 7.72. The van der Waals surface area contributed by atoms with Crippen LogP contribution >= 0.6 is 0 Å². The summed E-state index contributed by atoms with van der Waals surface area (Å²) < 4.78 is 21.7. The summed E-state index contributed by atoms with van der Waals surface area (Å²) in [5.41, 5.74) is 5.03. The number of pyridine rings is 2. The highest BCUT2D eigenvalue weighted by Gasteiger charge is 2.15. The fourth-order valence-electron chi connectivity index (χ4n) is 3.30. The largest absolute Gasteiger partial charge is 0.473 e. The number of tetrazole rings is 1. The van der Waals surface area contributed by atoms with E-state index < -0.39 is 0 Å². The van der Waals surface area contributed by atoms with E-state index in [-0.39, 0.29) is 18.1 Å². The molecule has 158 valence electrons. The lowest BCUT2D eigenvalue weighted by Crippen LogP contribution is -2.23. The van der Waals surface area contributed by atoms with E-state index in [1.807, 2.05) is 39.0 Å². The number of benzene rings is 1. The first kappa shape index (κ1) is 20.4. The molecule has 0 N–H and O–H groups in total. The van der Waals surface area contributed by atoms with Gasteiger partial charge in [0, 0.05) is 23.7 Å². The second-order valence-electron chi connectivity index (χ2n) is 7.26. The molecule has 0 saturated heterocycles. The number of rotatable bonds is 5. The smallest absolute Gasteiger partial charge is 0.368 e. The highest BCUT2D eigenvalue weighted by Crippen LogP contribution is 2.27. The maximum atomic E-state index is 13.2. The number of aryl methyl sites for hydroxylation is 4. The first-order valence-electron chi connectivity index (χ1n) is 9.66. The van der Waals surface area contributed by atoms with Crippen LogP contribution in [0.5, 0.6) is 5.88 Å². The average molecular weight is 420 g/mol. The van der Waals surface area contributed by atoms with Crippen molar-refractivity contribution in [2.24, 2.45) is 7.05 Å². The Balaban J connectivity index is 1.65. The van der Waals surface area contributed by atoms with Crippen molar-refractivity contribution in [2.75, 3.05) is 0 Å². The molecule has 1 aromatic carbocycles. The molecule has 3 aromatic heterocycles. The molecule has 0 amide bonds. The van der Waals surface area contributed by atoms with Crippen LogP contribution < -0.4 is 10.4 Å². The molecule has 0 unspecified atom stereocenters. The SMILES string of the molecule is Cc1cc(-c2ccc(F)cn2)c(C)nc1OCc1c(C)cccc1-n1nnn(C)c1=O. The van der Waals surface area contributed by atoms with Gasteiger partial charge >= 0.3 is 5.69 Å². The Labute approximate surface area is 178 Å². The summed E-state index contributed by atoms with van der Waals surface area (Å²) >= 11 is 0. The molecule has 4 rings (SSSR count). The Hall–Kier alpha value is -3.88. The maximum Gasteiger partial charge on any atom is 0.368 e. The van der Waals surface area contributed by atoms with Gasteiger partial charge in [-0.1, -0.05) is 12.1 Å². The monoisotopic (exact) mass is 420 g/mol. The summed E-state index contributed by atoms with van der Waals surface area (Å²) in [6, 6.07) is 10.5. The van der Waals surface area contributed by atoms with Crippen molar-refractivity contribution in [1.82, 2.24) is 29.8 Å². The van der Waals surface area contributed by atoms with Crippen LogP contribution in [0.2, 0.25) is 0 Å². The van der Waals surface area contributed by atoms with Crippen LogP contribution in [0.25, 0.3) is 16.9 Å². The Morgan fingerprint density at radius 3 is 2.55 bits per heavy atom. The number of nitrogens with zero attached hydrogens (tertiary/aromatic N) is 6. The standard InChI is InChI=1S/C22H21FN6O2/c1-13-6-5-7-20(29-22(30)28(4)26-27-29)18(13)12-31-21-14(2)10-17(15(3)25-21)19-9-8-16(23)11-24-19/h5-11H,12H2,1-4H3. The van der Waals surface area contributed by atoms with Crippen LogP contribution in [0.4, 0.5) is 4.39 Å². The molecule has 8 nitrogen and oxygen atoms in total. The van der Waals surface area contributed by atoms with Crippen molar-refractivity contribution in [3.8, 4) is 22.8 Å². The maximum absolute atomic E-state index is 13.2. The minimum atomic E-state index is -0.387. The van der Waals surface area contributed by atoms with Gasteiger partial charge in [0.2, 0.25) is 5.88 Å². The van der Waals surface area contributed by atoms with E-state index >= 15 is 0 Å². The van der Waals surface area contributed by atoms with Gasteiger partial charge in [-0.3, -0.25) is 4.98 Å². The minimum absolute atomic E-state index is 0.201. The molecule has 3 heterocycles. The molecule has 0 aliphatic carbocycles. The molecule has 0 bridgehead atoms. The van der Waals surface area contributed by atoms with Gasteiger partial charge in [-0.05, 0) is 61.0 Å². The van der Waals surface area contributed by atoms with Gasteiger partial charge < -0.3 is 4.74 Å². The van der Waals surface area contributed by atoms with Crippen molar-refractivity contribution in [3.05, 3.63) is 81.3 Å². The summed E-state index contributed by atoms with van der Waals surface area (Å²) in [4.78, 5) is 21.0. The molecule has 0 aliphatic heterocycles. The average Bonchev–Trinajstić information content (AvgIpc) is 3.08. The molecule has 0 spiro atoms. The number of ether oxygens (including phenoxy) is 1. The van der Waals surface area contributed by atoms with Crippen molar-refractivity contribution in [2.45, 2.75) is 27.4 Å². The normalized spacial score (nSPS) is 11.0. The summed E-state index contributed by atoms with van der Waals surface area (Å²) in [6.07, 6.45) is 1.18. The van der Waals surface area contributed by atoms with E-state index in [0.29, 0.717) is 17.3 Å². The van der Waals surface area contributed by atoms with E-state index in [0.717, 1.165) is 27.9 Å². The molecule has 0 saturated carbocycles. The fourth-order valence-corrected chi connectivity index (χ4v) is 3.30. The van der Waals surface area contributed by atoms with Crippen LogP contribution in [0.15, 0.2) is 47.4 Å². The van der Waals surface area contributed by atoms with E-state index in [1.54, 1.807) is 19.2 Å². The number of hydrogen-bond donors (Lipinski definition) is 0. The fraction of sp³-hybridized carbons (Fsp3) is 0.227. The number of hydrogen-bond acceptors (Lipinski definition) is 6. The van der Waals surface area contributed by atoms with Gasteiger partial charge in [0.15, 0.2) is 0 Å². The molecule has 0 atom stereocenters. The second kappa shape index (κ2) is 8.10. The lowest BCUT2D eigenvalue weighted by atomic mass is 10.1. The molecule has 9 heteroatoms. The third kappa shape index (κ3) is 3.94. The van der Waals surface area contributed by atoms with E-state index in [9.17, 15) is 9.18 Å². The molecule has 0 fully saturated rings. The molecule has 31 heavy (non-hydrogen) atoms. The van der Waals surface area contributed by atoms with Crippen molar-refractivity contribution in [1.29, 1.82) is 0 Å². The zero-order valence-electron chi connectivity index (χ0n) is 17.6. The first-order chi connectivity index (χ1) is 14.8. The lowest BCUT2D eigenvalue weighted by molar-refractivity contribution is 0.290. The van der Waals surface area contributed by atoms with Gasteiger partial charge in [0.05, 0.1) is 23.3 Å². The predicted molar refractivity (Wildman–Crippen MR) is 113 cm³/mol. The van der Waals surface area contributed by atoms with Crippen LogP contribution in [0.1, 0.15) is 22.4 Å². The van der Waals surface area contributed by atoms with Crippen LogP contribution in [0.3, 0.4) is 0 Å². The Morgan fingerprint density at radius 2 is 1.87 bits per heavy atom. The molecular weight excluding hydrogens is 399 g/mol. The van der Waals surface area contributed by atoms with Crippen molar-refractivity contribution in [3.63, 3.8) is 0 Å². The Morgan fingerprint density at radius 1 is 1.06 bits per heavy atom. The van der Waals surface area contributed by atoms with E-state index in [2.05, 4.69) is 20.4 Å². The zero-order valence-corrected chi connectivity index (χ0v) is 17.6. The quantitative estimate of drug-likeness (QED) is 0.493. The highest BCUT2D eigenvalue weighted by atomic mass is 19.1. The Kier molecular flexibility index (Phi) is 5.33. The van der Waals surface area contributed by atoms with Gasteiger partial charge in [-0.2, -0.15) is 9.36 Å². The predicted octanol–water partition coefficient (Wildman–Crippen LogP) is 3.07. The van der Waals surface area contributed by atoms with Crippen molar-refractivity contribution < 1.29 is 9.13 Å². The van der Waals surface area contributed by atoms with Crippen LogP contribution in [-0.4, -0.2) is 29.8 Å². The van der Waals surface area contributed by atoms with Gasteiger partial charge in [-0.15, -0.1) is 0 Å². The van der Waals surface area contributed by atoms with Gasteiger partial charge in [0.1, 0.15) is 12.4 Å². The summed E-state index contributed by atoms with van der Waals surface area (Å²) in [5.74, 6) is 0.0892. The molecule has 4 aromatic rings. The highest BCUT2D eigenvalue weighted by molar-refractivity contribution is 5.63. The second-order valence-corrected chi connectivity index (χ2v) is 7.26. The third-order valence-electron chi connectivity index (χ3n) is 5.05.